The molecule has 4 heteroatoms. The maximum atomic E-state index is 11.1. The molecule has 0 aromatic carbocycles. The molecule has 2 N–H and O–H groups in total. The summed E-state index contributed by atoms with van der Waals surface area (Å²) in [4.78, 5) is 22.1. The minimum Gasteiger partial charge on any atom is -0.353 e. The summed E-state index contributed by atoms with van der Waals surface area (Å²) in [5, 5.41) is 5.29. The zero-order valence-corrected chi connectivity index (χ0v) is 8.68. The van der Waals surface area contributed by atoms with Crippen LogP contribution in [0.5, 0.6) is 0 Å². The molecule has 76 valence electrons. The molecule has 0 rings (SSSR count). The highest BCUT2D eigenvalue weighted by molar-refractivity contribution is 5.97. The van der Waals surface area contributed by atoms with Crippen LogP contribution < -0.4 is 10.6 Å². The Morgan fingerprint density at radius 3 is 1.46 bits per heavy atom. The van der Waals surface area contributed by atoms with E-state index < -0.39 is 0 Å². The van der Waals surface area contributed by atoms with Crippen molar-refractivity contribution in [1.29, 1.82) is 0 Å². The lowest BCUT2D eigenvalue weighted by atomic mass is 10.3. The fourth-order valence-electron chi connectivity index (χ4n) is 0.892. The van der Waals surface area contributed by atoms with Crippen molar-refractivity contribution in [3.63, 3.8) is 0 Å². The minimum absolute atomic E-state index is 0.0827. The number of amides is 2. The fraction of sp³-hybridized carbons (Fsp3) is 0.778. The maximum absolute atomic E-state index is 11.1. The van der Waals surface area contributed by atoms with Gasteiger partial charge in [0.1, 0.15) is 6.42 Å². The molecule has 0 saturated carbocycles. The quantitative estimate of drug-likeness (QED) is 0.625. The molecule has 13 heavy (non-hydrogen) atoms. The number of hydrogen-bond donors (Lipinski definition) is 2. The van der Waals surface area contributed by atoms with E-state index in [1.165, 1.54) is 0 Å². The van der Waals surface area contributed by atoms with Gasteiger partial charge in [-0.25, -0.2) is 0 Å². The molecule has 2 amide bonds. The summed E-state index contributed by atoms with van der Waals surface area (Å²) in [6, 6.07) is 0.165. The van der Waals surface area contributed by atoms with Crippen molar-refractivity contribution < 1.29 is 9.59 Å². The van der Waals surface area contributed by atoms with Crippen molar-refractivity contribution in [2.24, 2.45) is 0 Å². The van der Waals surface area contributed by atoms with Crippen molar-refractivity contribution in [1.82, 2.24) is 10.6 Å². The third-order valence-electron chi connectivity index (χ3n) is 1.22. The highest BCUT2D eigenvalue weighted by atomic mass is 16.2. The van der Waals surface area contributed by atoms with E-state index in [-0.39, 0.29) is 30.3 Å². The van der Waals surface area contributed by atoms with Gasteiger partial charge < -0.3 is 10.6 Å². The lowest BCUT2D eigenvalue weighted by Gasteiger charge is -2.10. The summed E-state index contributed by atoms with van der Waals surface area (Å²) in [6.45, 7) is 7.44. The fourth-order valence-corrected chi connectivity index (χ4v) is 0.892. The van der Waals surface area contributed by atoms with Gasteiger partial charge in [0.2, 0.25) is 11.8 Å². The van der Waals surface area contributed by atoms with Crippen LogP contribution in [0.15, 0.2) is 0 Å². The van der Waals surface area contributed by atoms with Crippen molar-refractivity contribution in [3.8, 4) is 0 Å². The van der Waals surface area contributed by atoms with Gasteiger partial charge in [0.25, 0.3) is 0 Å². The number of carbonyl (C=O) groups is 2. The Bertz CT molecular complexity index is 168. The molecule has 0 aromatic heterocycles. The molecule has 0 aliphatic rings. The molecular formula is C9H18N2O2. The summed E-state index contributed by atoms with van der Waals surface area (Å²) in [7, 11) is 0. The molecule has 0 radical (unpaired) electrons. The molecular weight excluding hydrogens is 168 g/mol. The smallest absolute Gasteiger partial charge is 0.229 e. The zero-order chi connectivity index (χ0) is 10.4. The van der Waals surface area contributed by atoms with Gasteiger partial charge >= 0.3 is 0 Å². The van der Waals surface area contributed by atoms with Crippen LogP contribution in [0.2, 0.25) is 0 Å². The molecule has 0 spiro atoms. The molecule has 0 unspecified atom stereocenters. The van der Waals surface area contributed by atoms with E-state index in [1.807, 2.05) is 27.7 Å². The molecule has 0 fully saturated rings. The molecule has 0 heterocycles. The Labute approximate surface area is 79.1 Å². The second-order valence-corrected chi connectivity index (χ2v) is 3.62. The van der Waals surface area contributed by atoms with Crippen LogP contribution in [0.3, 0.4) is 0 Å². The van der Waals surface area contributed by atoms with Gasteiger partial charge in [-0.05, 0) is 27.7 Å². The van der Waals surface area contributed by atoms with E-state index in [0.29, 0.717) is 0 Å². The molecule has 0 aliphatic heterocycles. The van der Waals surface area contributed by atoms with Gasteiger partial charge in [-0.15, -0.1) is 0 Å². The number of hydrogen-bond acceptors (Lipinski definition) is 2. The molecule has 0 saturated heterocycles. The van der Waals surface area contributed by atoms with Crippen molar-refractivity contribution >= 4 is 11.8 Å². The Kier molecular flexibility index (Phi) is 5.11. The second kappa shape index (κ2) is 5.56. The van der Waals surface area contributed by atoms with Gasteiger partial charge in [-0.3, -0.25) is 9.59 Å². The van der Waals surface area contributed by atoms with Gasteiger partial charge in [-0.1, -0.05) is 0 Å². The predicted octanol–water partition coefficient (Wildman–Crippen LogP) is 0.426. The first-order valence-corrected chi connectivity index (χ1v) is 4.50. The zero-order valence-electron chi connectivity index (χ0n) is 8.68. The Morgan fingerprint density at radius 2 is 1.23 bits per heavy atom. The summed E-state index contributed by atoms with van der Waals surface area (Å²) in [5.41, 5.74) is 0. The average Bonchev–Trinajstić information content (AvgIpc) is 1.80. The van der Waals surface area contributed by atoms with E-state index in [1.54, 1.807) is 0 Å². The summed E-state index contributed by atoms with van der Waals surface area (Å²) < 4.78 is 0. The SMILES string of the molecule is CC(C)NC(=O)CC(=O)NC(C)C. The first kappa shape index (κ1) is 11.9. The third kappa shape index (κ3) is 7.31. The third-order valence-corrected chi connectivity index (χ3v) is 1.22. The Morgan fingerprint density at radius 1 is 0.923 bits per heavy atom. The van der Waals surface area contributed by atoms with Crippen LogP contribution in [0.25, 0.3) is 0 Å². The Hall–Kier alpha value is -1.06. The van der Waals surface area contributed by atoms with Crippen LogP contribution in [0, 0.1) is 0 Å². The highest BCUT2D eigenvalue weighted by Gasteiger charge is 2.10. The van der Waals surface area contributed by atoms with Crippen molar-refractivity contribution in [3.05, 3.63) is 0 Å². The first-order chi connectivity index (χ1) is 5.91. The minimum atomic E-state index is -0.229. The monoisotopic (exact) mass is 186 g/mol. The van der Waals surface area contributed by atoms with Crippen LogP contribution in [0.4, 0.5) is 0 Å². The second-order valence-electron chi connectivity index (χ2n) is 3.62. The van der Waals surface area contributed by atoms with E-state index in [4.69, 9.17) is 0 Å². The lowest BCUT2D eigenvalue weighted by Crippen LogP contribution is -2.37. The normalized spacial score (nSPS) is 10.3. The van der Waals surface area contributed by atoms with E-state index in [2.05, 4.69) is 10.6 Å². The predicted molar refractivity (Wildman–Crippen MR) is 51.2 cm³/mol. The summed E-state index contributed by atoms with van der Waals surface area (Å²) in [5.74, 6) is -0.457. The first-order valence-electron chi connectivity index (χ1n) is 4.50. The van der Waals surface area contributed by atoms with E-state index >= 15 is 0 Å². The largest absolute Gasteiger partial charge is 0.353 e. The van der Waals surface area contributed by atoms with Gasteiger partial charge in [0.15, 0.2) is 0 Å². The number of rotatable bonds is 4. The summed E-state index contributed by atoms with van der Waals surface area (Å²) >= 11 is 0. The van der Waals surface area contributed by atoms with Crippen LogP contribution >= 0.6 is 0 Å². The Balaban J connectivity index is 3.72. The van der Waals surface area contributed by atoms with Crippen LogP contribution in [-0.4, -0.2) is 23.9 Å². The average molecular weight is 186 g/mol. The number of nitrogens with one attached hydrogen (secondary N) is 2. The molecule has 0 aromatic rings. The molecule has 0 atom stereocenters. The molecule has 4 nitrogen and oxygen atoms in total. The molecule has 0 aliphatic carbocycles. The topological polar surface area (TPSA) is 58.2 Å². The van der Waals surface area contributed by atoms with Crippen LogP contribution in [0.1, 0.15) is 34.1 Å². The van der Waals surface area contributed by atoms with Crippen LogP contribution in [-0.2, 0) is 9.59 Å². The standard InChI is InChI=1S/C9H18N2O2/c1-6(2)10-8(12)5-9(13)11-7(3)4/h6-7H,5H2,1-4H3,(H,10,12)(H,11,13). The molecule has 0 bridgehead atoms. The van der Waals surface area contributed by atoms with Gasteiger partial charge in [0, 0.05) is 12.1 Å². The lowest BCUT2D eigenvalue weighted by molar-refractivity contribution is -0.129. The summed E-state index contributed by atoms with van der Waals surface area (Å²) in [6.07, 6.45) is -0.0869. The maximum Gasteiger partial charge on any atom is 0.229 e. The van der Waals surface area contributed by atoms with E-state index in [0.717, 1.165) is 0 Å². The number of carbonyl (C=O) groups excluding carboxylic acids is 2. The van der Waals surface area contributed by atoms with Gasteiger partial charge in [-0.2, -0.15) is 0 Å². The highest BCUT2D eigenvalue weighted by Crippen LogP contribution is 1.86. The van der Waals surface area contributed by atoms with Gasteiger partial charge in [0.05, 0.1) is 0 Å². The van der Waals surface area contributed by atoms with Crippen molar-refractivity contribution in [2.45, 2.75) is 46.2 Å². The van der Waals surface area contributed by atoms with E-state index in [9.17, 15) is 9.59 Å². The van der Waals surface area contributed by atoms with Crippen molar-refractivity contribution in [2.75, 3.05) is 0 Å².